The minimum atomic E-state index is -0.203. The van der Waals surface area contributed by atoms with Gasteiger partial charge in [0.2, 0.25) is 0 Å². The molecule has 0 aromatic rings. The first-order valence-corrected chi connectivity index (χ1v) is 9.42. The Morgan fingerprint density at radius 1 is 0.462 bits per heavy atom. The summed E-state index contributed by atoms with van der Waals surface area (Å²) in [6.45, 7) is 0. The molecule has 0 fully saturated rings. The van der Waals surface area contributed by atoms with Crippen molar-refractivity contribution in [3.05, 3.63) is 46.6 Å². The van der Waals surface area contributed by atoms with E-state index in [1.54, 1.807) is 0 Å². The van der Waals surface area contributed by atoms with E-state index in [4.69, 9.17) is 0 Å². The van der Waals surface area contributed by atoms with Crippen molar-refractivity contribution in [1.82, 2.24) is 0 Å². The van der Waals surface area contributed by atoms with E-state index >= 15 is 0 Å². The smallest absolute Gasteiger partial charge is 0.159 e. The van der Waals surface area contributed by atoms with E-state index in [9.17, 15) is 19.2 Å². The zero-order valence-corrected chi connectivity index (χ0v) is 14.5. The summed E-state index contributed by atoms with van der Waals surface area (Å²) in [4.78, 5) is 48.9. The molecule has 132 valence electrons. The van der Waals surface area contributed by atoms with Gasteiger partial charge in [0.25, 0.3) is 0 Å². The number of hydrogen-bond donors (Lipinski definition) is 0. The van der Waals surface area contributed by atoms with Gasteiger partial charge < -0.3 is 0 Å². The Hall–Kier alpha value is -2.36. The van der Waals surface area contributed by atoms with Gasteiger partial charge in [-0.2, -0.15) is 0 Å². The Labute approximate surface area is 151 Å². The van der Waals surface area contributed by atoms with Gasteiger partial charge in [0.05, 0.1) is 0 Å². The minimum Gasteiger partial charge on any atom is -0.295 e. The van der Waals surface area contributed by atoms with Crippen molar-refractivity contribution < 1.29 is 19.2 Å². The first-order chi connectivity index (χ1) is 12.5. The van der Waals surface area contributed by atoms with E-state index < -0.39 is 0 Å². The van der Waals surface area contributed by atoms with Crippen LogP contribution >= 0.6 is 0 Å². The molecule has 0 saturated carbocycles. The van der Waals surface area contributed by atoms with Gasteiger partial charge in [-0.05, 0) is 62.8 Å². The number of allylic oxidation sites excluding steroid dienone is 8. The summed E-state index contributed by atoms with van der Waals surface area (Å²) >= 11 is 0. The van der Waals surface area contributed by atoms with E-state index in [1.807, 2.05) is 0 Å². The average molecular weight is 348 g/mol. The maximum atomic E-state index is 12.2. The predicted octanol–water partition coefficient (Wildman–Crippen LogP) is 2.84. The molecule has 5 aliphatic carbocycles. The van der Waals surface area contributed by atoms with E-state index in [2.05, 4.69) is 0 Å². The molecule has 0 aliphatic heterocycles. The zero-order valence-electron chi connectivity index (χ0n) is 14.5. The highest BCUT2D eigenvalue weighted by molar-refractivity contribution is 6.08. The lowest BCUT2D eigenvalue weighted by Crippen LogP contribution is -2.38. The highest BCUT2D eigenvalue weighted by Gasteiger charge is 2.44. The lowest BCUT2D eigenvalue weighted by Gasteiger charge is -2.41. The second kappa shape index (κ2) is 5.57. The van der Waals surface area contributed by atoms with Crippen molar-refractivity contribution in [2.45, 2.75) is 38.5 Å². The van der Waals surface area contributed by atoms with Crippen LogP contribution in [0.2, 0.25) is 0 Å². The summed E-state index contributed by atoms with van der Waals surface area (Å²) in [5.74, 6) is -0.524. The summed E-state index contributed by atoms with van der Waals surface area (Å²) < 4.78 is 0. The molecule has 4 nitrogen and oxygen atoms in total. The molecule has 5 aliphatic rings. The van der Waals surface area contributed by atoms with Crippen LogP contribution in [0.3, 0.4) is 0 Å². The van der Waals surface area contributed by atoms with Crippen molar-refractivity contribution in [2.75, 3.05) is 0 Å². The second-order valence-corrected chi connectivity index (χ2v) is 8.29. The molecule has 0 bridgehead atoms. The standard InChI is InChI=1S/C22H20O4/c23-19-1-2-20(24)16-8-12-6-14-10-18-17(21(25)3-4-22(18)26)9-13(14)5-11(12)7-15(16)19/h1-4,15-18H,5-10H2. The van der Waals surface area contributed by atoms with Crippen LogP contribution in [-0.2, 0) is 19.2 Å². The fourth-order valence-electron chi connectivity index (χ4n) is 5.53. The molecule has 0 heterocycles. The average Bonchev–Trinajstić information content (AvgIpc) is 2.64. The first kappa shape index (κ1) is 15.9. The molecule has 0 aromatic carbocycles. The van der Waals surface area contributed by atoms with Gasteiger partial charge in [0.1, 0.15) is 0 Å². The fourth-order valence-corrected chi connectivity index (χ4v) is 5.53. The van der Waals surface area contributed by atoms with Crippen LogP contribution in [0, 0.1) is 23.7 Å². The van der Waals surface area contributed by atoms with Crippen LogP contribution < -0.4 is 0 Å². The largest absolute Gasteiger partial charge is 0.295 e. The molecular weight excluding hydrogens is 328 g/mol. The summed E-state index contributed by atoms with van der Waals surface area (Å²) in [5, 5.41) is 0. The number of fused-ring (bicyclic) bond motifs is 2. The molecular formula is C22H20O4. The number of rotatable bonds is 0. The third-order valence-corrected chi connectivity index (χ3v) is 6.98. The summed E-state index contributed by atoms with van der Waals surface area (Å²) in [5.41, 5.74) is 5.19. The van der Waals surface area contributed by atoms with Crippen molar-refractivity contribution in [3.63, 3.8) is 0 Å². The lowest BCUT2D eigenvalue weighted by atomic mass is 9.62. The molecule has 0 radical (unpaired) electrons. The highest BCUT2D eigenvalue weighted by atomic mass is 16.1. The van der Waals surface area contributed by atoms with Crippen LogP contribution in [0.4, 0.5) is 0 Å². The molecule has 0 N–H and O–H groups in total. The maximum Gasteiger partial charge on any atom is 0.159 e. The van der Waals surface area contributed by atoms with Gasteiger partial charge in [0, 0.05) is 23.7 Å². The topological polar surface area (TPSA) is 68.3 Å². The van der Waals surface area contributed by atoms with Gasteiger partial charge in [-0.25, -0.2) is 0 Å². The SMILES string of the molecule is O=C1C=CC(=O)C2CC3=C(CC4=C(C3)CC3C(=O)C=CC(=O)C3C4)CC12. The van der Waals surface area contributed by atoms with Crippen LogP contribution in [0.5, 0.6) is 0 Å². The molecule has 0 spiro atoms. The third kappa shape index (κ3) is 2.28. The molecule has 5 rings (SSSR count). The van der Waals surface area contributed by atoms with Crippen molar-refractivity contribution in [3.8, 4) is 0 Å². The van der Waals surface area contributed by atoms with Crippen LogP contribution in [0.1, 0.15) is 38.5 Å². The van der Waals surface area contributed by atoms with Gasteiger partial charge in [-0.3, -0.25) is 19.2 Å². The van der Waals surface area contributed by atoms with E-state index in [0.717, 1.165) is 12.8 Å². The predicted molar refractivity (Wildman–Crippen MR) is 94.0 cm³/mol. The minimum absolute atomic E-state index is 0.0721. The number of ketones is 4. The van der Waals surface area contributed by atoms with Crippen LogP contribution in [-0.4, -0.2) is 23.1 Å². The summed E-state index contributed by atoms with van der Waals surface area (Å²) in [6.07, 6.45) is 10.1. The van der Waals surface area contributed by atoms with Crippen molar-refractivity contribution in [2.24, 2.45) is 23.7 Å². The van der Waals surface area contributed by atoms with E-state index in [1.165, 1.54) is 46.6 Å². The molecule has 0 aromatic heterocycles. The normalized spacial score (nSPS) is 36.0. The fraction of sp³-hybridized carbons (Fsp3) is 0.455. The second-order valence-electron chi connectivity index (χ2n) is 8.29. The zero-order chi connectivity index (χ0) is 18.0. The molecule has 0 saturated heterocycles. The molecule has 4 atom stereocenters. The van der Waals surface area contributed by atoms with Crippen molar-refractivity contribution >= 4 is 23.1 Å². The van der Waals surface area contributed by atoms with Crippen molar-refractivity contribution in [1.29, 1.82) is 0 Å². The van der Waals surface area contributed by atoms with E-state index in [-0.39, 0.29) is 46.8 Å². The quantitative estimate of drug-likeness (QED) is 0.631. The summed E-state index contributed by atoms with van der Waals surface area (Å²) in [7, 11) is 0. The Morgan fingerprint density at radius 3 is 0.923 bits per heavy atom. The highest BCUT2D eigenvalue weighted by Crippen LogP contribution is 2.50. The molecule has 4 heteroatoms. The summed E-state index contributed by atoms with van der Waals surface area (Å²) in [6, 6.07) is 0. The van der Waals surface area contributed by atoms with Crippen LogP contribution in [0.15, 0.2) is 46.6 Å². The van der Waals surface area contributed by atoms with Crippen LogP contribution in [0.25, 0.3) is 0 Å². The Morgan fingerprint density at radius 2 is 0.692 bits per heavy atom. The number of carbonyl (C=O) groups is 4. The molecule has 0 amide bonds. The van der Waals surface area contributed by atoms with Gasteiger partial charge in [-0.1, -0.05) is 22.3 Å². The van der Waals surface area contributed by atoms with Gasteiger partial charge in [0.15, 0.2) is 23.1 Å². The molecule has 4 unspecified atom stereocenters. The first-order valence-electron chi connectivity index (χ1n) is 9.42. The van der Waals surface area contributed by atoms with E-state index in [0.29, 0.717) is 25.7 Å². The third-order valence-electron chi connectivity index (χ3n) is 6.98. The Balaban J connectivity index is 1.42. The Bertz CT molecular complexity index is 753. The number of hydrogen-bond acceptors (Lipinski definition) is 4. The van der Waals surface area contributed by atoms with Gasteiger partial charge >= 0.3 is 0 Å². The number of carbonyl (C=O) groups excluding carboxylic acids is 4. The lowest BCUT2D eigenvalue weighted by molar-refractivity contribution is -0.129. The maximum absolute atomic E-state index is 12.2. The van der Waals surface area contributed by atoms with Gasteiger partial charge in [-0.15, -0.1) is 0 Å². The Kier molecular flexibility index (Phi) is 3.40. The molecule has 26 heavy (non-hydrogen) atoms. The monoisotopic (exact) mass is 348 g/mol.